The van der Waals surface area contributed by atoms with Crippen LogP contribution in [0.4, 0.5) is 4.39 Å². The number of rotatable bonds is 4. The topological polar surface area (TPSA) is 26.0 Å². The Kier molecular flexibility index (Phi) is 4.81. The van der Waals surface area contributed by atoms with E-state index in [-0.39, 0.29) is 11.1 Å². The van der Waals surface area contributed by atoms with Gasteiger partial charge >= 0.3 is 0 Å². The summed E-state index contributed by atoms with van der Waals surface area (Å²) in [5.41, 5.74) is 8.04. The first-order valence-electron chi connectivity index (χ1n) is 5.98. The molecule has 1 atom stereocenters. The van der Waals surface area contributed by atoms with Gasteiger partial charge in [-0.2, -0.15) is 0 Å². The quantitative estimate of drug-likeness (QED) is 0.897. The Balaban J connectivity index is 1.98. The molecular weight excluding hydrogens is 284 g/mol. The van der Waals surface area contributed by atoms with E-state index in [0.29, 0.717) is 11.4 Å². The standard InChI is InChI=1S/C15H14Cl2FN/c16-12-4-1-10(2-5-12)7-13(19)8-11-3-6-14(17)15(18)9-11/h1-6,9,13H,7-8,19H2. The molecule has 0 aliphatic rings. The fourth-order valence-corrected chi connectivity index (χ4v) is 2.21. The molecule has 0 radical (unpaired) electrons. The van der Waals surface area contributed by atoms with Gasteiger partial charge < -0.3 is 5.73 Å². The van der Waals surface area contributed by atoms with Crippen molar-refractivity contribution in [1.82, 2.24) is 0 Å². The molecule has 0 amide bonds. The van der Waals surface area contributed by atoms with Gasteiger partial charge in [-0.1, -0.05) is 41.4 Å². The largest absolute Gasteiger partial charge is 0.327 e. The van der Waals surface area contributed by atoms with Crippen molar-refractivity contribution >= 4 is 23.2 Å². The molecule has 0 aromatic heterocycles. The highest BCUT2D eigenvalue weighted by Crippen LogP contribution is 2.17. The maximum absolute atomic E-state index is 13.3. The molecule has 0 saturated heterocycles. The van der Waals surface area contributed by atoms with E-state index in [0.717, 1.165) is 17.5 Å². The van der Waals surface area contributed by atoms with Crippen LogP contribution in [0.3, 0.4) is 0 Å². The molecule has 19 heavy (non-hydrogen) atoms. The Bertz CT molecular complexity index is 555. The summed E-state index contributed by atoms with van der Waals surface area (Å²) in [5.74, 6) is -0.405. The molecule has 100 valence electrons. The lowest BCUT2D eigenvalue weighted by Crippen LogP contribution is -2.25. The van der Waals surface area contributed by atoms with Crippen LogP contribution in [0.25, 0.3) is 0 Å². The van der Waals surface area contributed by atoms with Crippen LogP contribution in [0.15, 0.2) is 42.5 Å². The van der Waals surface area contributed by atoms with Crippen LogP contribution in [-0.4, -0.2) is 6.04 Å². The molecular formula is C15H14Cl2FN. The van der Waals surface area contributed by atoms with Crippen LogP contribution in [0, 0.1) is 5.82 Å². The van der Waals surface area contributed by atoms with Gasteiger partial charge in [0, 0.05) is 11.1 Å². The molecule has 4 heteroatoms. The van der Waals surface area contributed by atoms with Gasteiger partial charge in [0.25, 0.3) is 0 Å². The lowest BCUT2D eigenvalue weighted by atomic mass is 10.00. The average Bonchev–Trinajstić information content (AvgIpc) is 2.37. The van der Waals surface area contributed by atoms with Crippen molar-refractivity contribution in [3.05, 3.63) is 69.5 Å². The van der Waals surface area contributed by atoms with Crippen LogP contribution >= 0.6 is 23.2 Å². The number of benzene rings is 2. The second-order valence-electron chi connectivity index (χ2n) is 4.54. The van der Waals surface area contributed by atoms with Crippen LogP contribution in [0.5, 0.6) is 0 Å². The van der Waals surface area contributed by atoms with Crippen molar-refractivity contribution in [3.63, 3.8) is 0 Å². The zero-order valence-electron chi connectivity index (χ0n) is 10.2. The molecule has 0 aliphatic carbocycles. The Hall–Kier alpha value is -1.09. The van der Waals surface area contributed by atoms with E-state index >= 15 is 0 Å². The minimum Gasteiger partial charge on any atom is -0.327 e. The molecule has 0 fully saturated rings. The molecule has 2 N–H and O–H groups in total. The SMILES string of the molecule is NC(Cc1ccc(Cl)cc1)Cc1ccc(Cl)c(F)c1. The number of hydrogen-bond acceptors (Lipinski definition) is 1. The van der Waals surface area contributed by atoms with E-state index in [9.17, 15) is 4.39 Å². The van der Waals surface area contributed by atoms with Gasteiger partial charge in [0.1, 0.15) is 5.82 Å². The highest BCUT2D eigenvalue weighted by Gasteiger charge is 2.08. The van der Waals surface area contributed by atoms with E-state index in [1.54, 1.807) is 12.1 Å². The molecule has 0 bridgehead atoms. The summed E-state index contributed by atoms with van der Waals surface area (Å²) in [5, 5.41) is 0.840. The Morgan fingerprint density at radius 2 is 1.53 bits per heavy atom. The molecule has 2 aromatic carbocycles. The van der Waals surface area contributed by atoms with Crippen LogP contribution < -0.4 is 5.73 Å². The van der Waals surface area contributed by atoms with Crippen molar-refractivity contribution in [2.24, 2.45) is 5.73 Å². The molecule has 0 heterocycles. The van der Waals surface area contributed by atoms with Crippen LogP contribution in [0.2, 0.25) is 10.0 Å². The summed E-state index contributed by atoms with van der Waals surface area (Å²) in [6.45, 7) is 0. The van der Waals surface area contributed by atoms with E-state index < -0.39 is 5.82 Å². The fraction of sp³-hybridized carbons (Fsp3) is 0.200. The first-order valence-corrected chi connectivity index (χ1v) is 6.74. The lowest BCUT2D eigenvalue weighted by Gasteiger charge is -2.12. The van der Waals surface area contributed by atoms with Crippen molar-refractivity contribution in [2.45, 2.75) is 18.9 Å². The van der Waals surface area contributed by atoms with Gasteiger partial charge in [-0.25, -0.2) is 4.39 Å². The molecule has 2 aromatic rings. The van der Waals surface area contributed by atoms with Gasteiger partial charge in [0.05, 0.1) is 5.02 Å². The average molecular weight is 298 g/mol. The van der Waals surface area contributed by atoms with Gasteiger partial charge in [-0.15, -0.1) is 0 Å². The summed E-state index contributed by atoms with van der Waals surface area (Å²) in [7, 11) is 0. The summed E-state index contributed by atoms with van der Waals surface area (Å²) < 4.78 is 13.3. The third-order valence-electron chi connectivity index (χ3n) is 2.89. The zero-order chi connectivity index (χ0) is 13.8. The first-order chi connectivity index (χ1) is 9.04. The second-order valence-corrected chi connectivity index (χ2v) is 5.39. The monoisotopic (exact) mass is 297 g/mol. The fourth-order valence-electron chi connectivity index (χ4n) is 1.96. The summed E-state index contributed by atoms with van der Waals surface area (Å²) >= 11 is 11.5. The minimum atomic E-state index is -0.405. The van der Waals surface area contributed by atoms with Gasteiger partial charge in [-0.05, 0) is 48.2 Å². The maximum atomic E-state index is 13.3. The summed E-state index contributed by atoms with van der Waals surface area (Å²) in [4.78, 5) is 0. The molecule has 0 saturated carbocycles. The summed E-state index contributed by atoms with van der Waals surface area (Å²) in [6, 6.07) is 12.3. The van der Waals surface area contributed by atoms with Crippen molar-refractivity contribution in [1.29, 1.82) is 0 Å². The van der Waals surface area contributed by atoms with E-state index in [1.165, 1.54) is 6.07 Å². The minimum absolute atomic E-state index is 0.0678. The predicted octanol–water partition coefficient (Wildman–Crippen LogP) is 4.25. The van der Waals surface area contributed by atoms with E-state index in [1.807, 2.05) is 24.3 Å². The second kappa shape index (κ2) is 6.38. The van der Waals surface area contributed by atoms with Crippen molar-refractivity contribution < 1.29 is 4.39 Å². The van der Waals surface area contributed by atoms with E-state index in [2.05, 4.69) is 0 Å². The Morgan fingerprint density at radius 1 is 0.947 bits per heavy atom. The number of nitrogens with two attached hydrogens (primary N) is 1. The van der Waals surface area contributed by atoms with Crippen molar-refractivity contribution in [3.8, 4) is 0 Å². The summed E-state index contributed by atoms with van der Waals surface area (Å²) in [6.07, 6.45) is 1.33. The molecule has 1 nitrogen and oxygen atoms in total. The predicted molar refractivity (Wildman–Crippen MR) is 78.2 cm³/mol. The molecule has 0 spiro atoms. The maximum Gasteiger partial charge on any atom is 0.142 e. The Morgan fingerprint density at radius 3 is 2.16 bits per heavy atom. The highest BCUT2D eigenvalue weighted by atomic mass is 35.5. The van der Waals surface area contributed by atoms with Crippen LogP contribution in [-0.2, 0) is 12.8 Å². The highest BCUT2D eigenvalue weighted by molar-refractivity contribution is 6.30. The molecule has 0 aliphatic heterocycles. The molecule has 2 rings (SSSR count). The van der Waals surface area contributed by atoms with Gasteiger partial charge in [0.15, 0.2) is 0 Å². The van der Waals surface area contributed by atoms with Crippen molar-refractivity contribution in [2.75, 3.05) is 0 Å². The smallest absolute Gasteiger partial charge is 0.142 e. The Labute approximate surface area is 122 Å². The first kappa shape index (κ1) is 14.3. The molecule has 1 unspecified atom stereocenters. The number of halogens is 3. The van der Waals surface area contributed by atoms with Gasteiger partial charge in [0.2, 0.25) is 0 Å². The lowest BCUT2D eigenvalue weighted by molar-refractivity contribution is 0.618. The third kappa shape index (κ3) is 4.20. The third-order valence-corrected chi connectivity index (χ3v) is 3.45. The van der Waals surface area contributed by atoms with E-state index in [4.69, 9.17) is 28.9 Å². The zero-order valence-corrected chi connectivity index (χ0v) is 11.8. The normalized spacial score (nSPS) is 12.4. The van der Waals surface area contributed by atoms with Crippen LogP contribution in [0.1, 0.15) is 11.1 Å². The van der Waals surface area contributed by atoms with Gasteiger partial charge in [-0.3, -0.25) is 0 Å². The number of hydrogen-bond donors (Lipinski definition) is 1.